The second kappa shape index (κ2) is 5.66. The van der Waals surface area contributed by atoms with Gasteiger partial charge in [-0.05, 0) is 19.9 Å². The van der Waals surface area contributed by atoms with Crippen LogP contribution in [0.25, 0.3) is 0 Å². The first-order chi connectivity index (χ1) is 9.79. The Hall–Kier alpha value is -2.19. The number of nitro groups is 1. The first-order valence-electron chi connectivity index (χ1n) is 5.96. The smallest absolute Gasteiger partial charge is 0.312 e. The number of rotatable bonds is 5. The molecule has 9 heteroatoms. The molecule has 2 aromatic rings. The molecule has 0 amide bonds. The summed E-state index contributed by atoms with van der Waals surface area (Å²) in [5.41, 5.74) is 4.84. The Labute approximate surface area is 125 Å². The van der Waals surface area contributed by atoms with Gasteiger partial charge in [0.15, 0.2) is 12.4 Å². The first kappa shape index (κ1) is 15.2. The Morgan fingerprint density at radius 3 is 2.81 bits per heavy atom. The minimum atomic E-state index is -0.752. The molecule has 2 rings (SSSR count). The van der Waals surface area contributed by atoms with Gasteiger partial charge in [-0.25, -0.2) is 0 Å². The van der Waals surface area contributed by atoms with Crippen LogP contribution in [0.15, 0.2) is 22.7 Å². The van der Waals surface area contributed by atoms with E-state index in [0.717, 1.165) is 0 Å². The summed E-state index contributed by atoms with van der Waals surface area (Å²) in [5, 5.41) is 14.8. The molecule has 2 N–H and O–H groups in total. The highest BCUT2D eigenvalue weighted by atomic mass is 35.5. The second-order valence-corrected chi connectivity index (χ2v) is 5.27. The third-order valence-corrected chi connectivity index (χ3v) is 2.82. The Balaban J connectivity index is 2.17. The minimum Gasteiger partial charge on any atom is -0.476 e. The van der Waals surface area contributed by atoms with Crippen molar-refractivity contribution in [2.45, 2.75) is 26.0 Å². The van der Waals surface area contributed by atoms with Crippen LogP contribution in [0.5, 0.6) is 5.75 Å². The summed E-state index contributed by atoms with van der Waals surface area (Å²) in [5.74, 6) is 0.420. The van der Waals surface area contributed by atoms with Crippen molar-refractivity contribution in [2.24, 2.45) is 5.73 Å². The van der Waals surface area contributed by atoms with Crippen LogP contribution in [0.4, 0.5) is 5.69 Å². The zero-order chi connectivity index (χ0) is 15.6. The molecule has 0 aliphatic carbocycles. The number of hydrogen-bond donors (Lipinski definition) is 1. The van der Waals surface area contributed by atoms with Crippen molar-refractivity contribution in [3.8, 4) is 5.75 Å². The lowest BCUT2D eigenvalue weighted by molar-refractivity contribution is -0.385. The zero-order valence-electron chi connectivity index (χ0n) is 11.4. The van der Waals surface area contributed by atoms with Gasteiger partial charge in [-0.1, -0.05) is 22.8 Å². The summed E-state index contributed by atoms with van der Waals surface area (Å²) in [7, 11) is 0. The van der Waals surface area contributed by atoms with Crippen molar-refractivity contribution in [3.05, 3.63) is 45.1 Å². The second-order valence-electron chi connectivity index (χ2n) is 4.87. The molecule has 0 atom stereocenters. The summed E-state index contributed by atoms with van der Waals surface area (Å²) in [4.78, 5) is 14.4. The van der Waals surface area contributed by atoms with Gasteiger partial charge >= 0.3 is 5.69 Å². The van der Waals surface area contributed by atoms with Crippen LogP contribution in [0.1, 0.15) is 25.6 Å². The fourth-order valence-corrected chi connectivity index (χ4v) is 1.72. The molecular formula is C12H13ClN4O4. The highest BCUT2D eigenvalue weighted by Crippen LogP contribution is 2.34. The number of nitro benzene ring substituents is 1. The summed E-state index contributed by atoms with van der Waals surface area (Å²) < 4.78 is 10.3. The molecule has 0 saturated carbocycles. The fraction of sp³-hybridized carbons (Fsp3) is 0.333. The van der Waals surface area contributed by atoms with E-state index in [4.69, 9.17) is 26.6 Å². The largest absolute Gasteiger partial charge is 0.476 e. The van der Waals surface area contributed by atoms with Gasteiger partial charge in [-0.2, -0.15) is 4.98 Å². The van der Waals surface area contributed by atoms with Gasteiger partial charge in [0.1, 0.15) is 0 Å². The number of aromatic nitrogens is 2. The van der Waals surface area contributed by atoms with Crippen LogP contribution >= 0.6 is 11.6 Å². The van der Waals surface area contributed by atoms with Crippen LogP contribution in [0.2, 0.25) is 5.02 Å². The van der Waals surface area contributed by atoms with Crippen molar-refractivity contribution < 1.29 is 14.2 Å². The fourth-order valence-electron chi connectivity index (χ4n) is 1.49. The molecule has 0 aliphatic rings. The maximum Gasteiger partial charge on any atom is 0.312 e. The molecule has 0 radical (unpaired) electrons. The van der Waals surface area contributed by atoms with E-state index >= 15 is 0 Å². The number of ether oxygens (including phenoxy) is 1. The third kappa shape index (κ3) is 3.47. The molecule has 0 aliphatic heterocycles. The van der Waals surface area contributed by atoms with E-state index < -0.39 is 10.5 Å². The summed E-state index contributed by atoms with van der Waals surface area (Å²) >= 11 is 5.90. The van der Waals surface area contributed by atoms with Crippen LogP contribution in [-0.2, 0) is 12.1 Å². The molecular weight excluding hydrogens is 300 g/mol. The number of nitrogens with two attached hydrogens (primary N) is 1. The molecule has 0 bridgehead atoms. The lowest BCUT2D eigenvalue weighted by Crippen LogP contribution is -2.30. The molecule has 0 spiro atoms. The van der Waals surface area contributed by atoms with Gasteiger partial charge in [0.05, 0.1) is 15.5 Å². The van der Waals surface area contributed by atoms with Crippen molar-refractivity contribution >= 4 is 17.3 Å². The van der Waals surface area contributed by atoms with E-state index in [0.29, 0.717) is 5.82 Å². The molecule has 0 unspecified atom stereocenters. The van der Waals surface area contributed by atoms with E-state index in [1.807, 2.05) is 0 Å². The average Bonchev–Trinajstić information content (AvgIpc) is 2.85. The van der Waals surface area contributed by atoms with Crippen molar-refractivity contribution in [1.29, 1.82) is 0 Å². The third-order valence-electron chi connectivity index (χ3n) is 2.53. The summed E-state index contributed by atoms with van der Waals surface area (Å²) in [6.45, 7) is 3.30. The van der Waals surface area contributed by atoms with Crippen molar-refractivity contribution in [2.75, 3.05) is 0 Å². The van der Waals surface area contributed by atoms with Crippen molar-refractivity contribution in [3.63, 3.8) is 0 Å². The van der Waals surface area contributed by atoms with E-state index in [9.17, 15) is 10.1 Å². The van der Waals surface area contributed by atoms with Crippen LogP contribution < -0.4 is 10.5 Å². The number of nitrogens with zero attached hydrogens (tertiary/aromatic N) is 3. The molecule has 0 fully saturated rings. The molecule has 112 valence electrons. The van der Waals surface area contributed by atoms with E-state index in [1.54, 1.807) is 13.8 Å². The topological polar surface area (TPSA) is 117 Å². The standard InChI is InChI=1S/C12H13ClN4O4/c1-12(2,14)11-15-9(21-16-11)6-20-10-7(13)4-3-5-8(10)17(18)19/h3-5H,6,14H2,1-2H3. The number of hydrogen-bond acceptors (Lipinski definition) is 7. The van der Waals surface area contributed by atoms with Gasteiger partial charge in [0, 0.05) is 6.07 Å². The number of para-hydroxylation sites is 1. The number of benzene rings is 1. The summed E-state index contributed by atoms with van der Waals surface area (Å²) in [6, 6.07) is 4.25. The normalized spacial score (nSPS) is 11.4. The molecule has 21 heavy (non-hydrogen) atoms. The Morgan fingerprint density at radius 1 is 1.52 bits per heavy atom. The monoisotopic (exact) mass is 312 g/mol. The minimum absolute atomic E-state index is 0.0454. The number of halogens is 1. The Bertz CT molecular complexity index is 666. The van der Waals surface area contributed by atoms with E-state index in [-0.39, 0.29) is 29.0 Å². The van der Waals surface area contributed by atoms with E-state index in [2.05, 4.69) is 10.1 Å². The van der Waals surface area contributed by atoms with Gasteiger partial charge < -0.3 is 15.0 Å². The maximum atomic E-state index is 10.9. The molecule has 0 saturated heterocycles. The van der Waals surface area contributed by atoms with Crippen LogP contribution in [-0.4, -0.2) is 15.1 Å². The van der Waals surface area contributed by atoms with Crippen molar-refractivity contribution in [1.82, 2.24) is 10.1 Å². The molecule has 1 aromatic carbocycles. The Kier molecular flexibility index (Phi) is 4.10. The SMILES string of the molecule is CC(C)(N)c1noc(COc2c(Cl)cccc2[N+](=O)[O-])n1. The lowest BCUT2D eigenvalue weighted by Gasteiger charge is -2.11. The van der Waals surface area contributed by atoms with Crippen LogP contribution in [0, 0.1) is 10.1 Å². The Morgan fingerprint density at radius 2 is 2.24 bits per heavy atom. The summed E-state index contributed by atoms with van der Waals surface area (Å²) in [6.07, 6.45) is 0. The van der Waals surface area contributed by atoms with Gasteiger partial charge in [-0.15, -0.1) is 0 Å². The predicted molar refractivity (Wildman–Crippen MR) is 73.9 cm³/mol. The molecule has 1 heterocycles. The quantitative estimate of drug-likeness (QED) is 0.665. The highest BCUT2D eigenvalue weighted by Gasteiger charge is 2.23. The van der Waals surface area contributed by atoms with E-state index in [1.165, 1.54) is 18.2 Å². The zero-order valence-corrected chi connectivity index (χ0v) is 12.1. The lowest BCUT2D eigenvalue weighted by atomic mass is 10.1. The molecule has 1 aromatic heterocycles. The maximum absolute atomic E-state index is 10.9. The highest BCUT2D eigenvalue weighted by molar-refractivity contribution is 6.32. The van der Waals surface area contributed by atoms with Crippen LogP contribution in [0.3, 0.4) is 0 Å². The van der Waals surface area contributed by atoms with Gasteiger partial charge in [0.25, 0.3) is 5.89 Å². The van der Waals surface area contributed by atoms with Gasteiger partial charge in [0.2, 0.25) is 5.75 Å². The average molecular weight is 313 g/mol. The molecule has 8 nitrogen and oxygen atoms in total. The predicted octanol–water partition coefficient (Wildman–Crippen LogP) is 2.40. The van der Waals surface area contributed by atoms with Gasteiger partial charge in [-0.3, -0.25) is 10.1 Å². The first-order valence-corrected chi connectivity index (χ1v) is 6.34.